The molecule has 0 bridgehead atoms. The summed E-state index contributed by atoms with van der Waals surface area (Å²) < 4.78 is 0. The Bertz CT molecular complexity index is 76.1. The zero-order chi connectivity index (χ0) is 8.69. The Balaban J connectivity index is 3.38. The maximum atomic E-state index is 2.36. The summed E-state index contributed by atoms with van der Waals surface area (Å²) in [5.41, 5.74) is 0. The van der Waals surface area contributed by atoms with Crippen LogP contribution < -0.4 is 0 Å². The summed E-state index contributed by atoms with van der Waals surface area (Å²) in [4.78, 5) is 0. The fourth-order valence-electron chi connectivity index (χ4n) is 1.40. The molecule has 0 heteroatoms. The van der Waals surface area contributed by atoms with Crippen LogP contribution in [0.25, 0.3) is 0 Å². The van der Waals surface area contributed by atoms with E-state index in [-0.39, 0.29) is 0 Å². The van der Waals surface area contributed by atoms with Crippen molar-refractivity contribution in [2.45, 2.75) is 59.8 Å². The van der Waals surface area contributed by atoms with Crippen LogP contribution in [0.4, 0.5) is 0 Å². The minimum absolute atomic E-state index is 0.856. The van der Waals surface area contributed by atoms with Crippen LogP contribution in [0.2, 0.25) is 0 Å². The van der Waals surface area contributed by atoms with Crippen molar-refractivity contribution in [1.82, 2.24) is 0 Å². The van der Waals surface area contributed by atoms with Gasteiger partial charge in [-0.2, -0.15) is 0 Å². The van der Waals surface area contributed by atoms with Crippen LogP contribution in [0.15, 0.2) is 0 Å². The molecule has 0 saturated heterocycles. The van der Waals surface area contributed by atoms with Crippen LogP contribution in [-0.4, -0.2) is 0 Å². The van der Waals surface area contributed by atoms with Crippen molar-refractivity contribution in [3.05, 3.63) is 5.92 Å². The van der Waals surface area contributed by atoms with E-state index in [1.165, 1.54) is 32.1 Å². The van der Waals surface area contributed by atoms with Crippen molar-refractivity contribution >= 4 is 0 Å². The van der Waals surface area contributed by atoms with Gasteiger partial charge < -0.3 is 0 Å². The van der Waals surface area contributed by atoms with Crippen molar-refractivity contribution in [3.8, 4) is 0 Å². The van der Waals surface area contributed by atoms with Crippen LogP contribution in [0, 0.1) is 11.8 Å². The first-order chi connectivity index (χ1) is 5.22. The van der Waals surface area contributed by atoms with Gasteiger partial charge in [0.1, 0.15) is 0 Å². The molecular formula is C11H23. The number of hydrogen-bond donors (Lipinski definition) is 0. The van der Waals surface area contributed by atoms with Crippen molar-refractivity contribution in [1.29, 1.82) is 0 Å². The third-order valence-electron chi connectivity index (χ3n) is 2.48. The molecule has 0 aliphatic rings. The molecule has 1 radical (unpaired) electrons. The van der Waals surface area contributed by atoms with Crippen LogP contribution in [-0.2, 0) is 0 Å². The lowest BCUT2D eigenvalue weighted by Crippen LogP contribution is -2.04. The monoisotopic (exact) mass is 155 g/mol. The SMILES string of the molecule is CCCCC(C)[C](C)CCC. The smallest absolute Gasteiger partial charge is 0.0244 e. The second kappa shape index (κ2) is 6.69. The van der Waals surface area contributed by atoms with Crippen molar-refractivity contribution in [3.63, 3.8) is 0 Å². The second-order valence-electron chi connectivity index (χ2n) is 3.64. The Hall–Kier alpha value is 0. The van der Waals surface area contributed by atoms with E-state index in [0.717, 1.165) is 5.92 Å². The van der Waals surface area contributed by atoms with Gasteiger partial charge in [-0.3, -0.25) is 0 Å². The highest BCUT2D eigenvalue weighted by molar-refractivity contribution is 4.88. The fourth-order valence-corrected chi connectivity index (χ4v) is 1.40. The summed E-state index contributed by atoms with van der Waals surface area (Å²) in [6.45, 7) is 9.20. The molecule has 0 aliphatic heterocycles. The van der Waals surface area contributed by atoms with Crippen molar-refractivity contribution in [2.75, 3.05) is 0 Å². The quantitative estimate of drug-likeness (QED) is 0.539. The maximum absolute atomic E-state index is 2.36. The molecule has 0 spiro atoms. The summed E-state index contributed by atoms with van der Waals surface area (Å²) in [6, 6.07) is 0. The van der Waals surface area contributed by atoms with E-state index >= 15 is 0 Å². The minimum Gasteiger partial charge on any atom is -0.0654 e. The van der Waals surface area contributed by atoms with Crippen molar-refractivity contribution in [2.24, 2.45) is 5.92 Å². The number of rotatable bonds is 6. The van der Waals surface area contributed by atoms with Crippen LogP contribution >= 0.6 is 0 Å². The van der Waals surface area contributed by atoms with E-state index in [4.69, 9.17) is 0 Å². The zero-order valence-corrected chi connectivity index (χ0v) is 8.61. The van der Waals surface area contributed by atoms with E-state index in [0.29, 0.717) is 0 Å². The highest BCUT2D eigenvalue weighted by Crippen LogP contribution is 2.23. The average Bonchev–Trinajstić information content (AvgIpc) is 2.00. The molecule has 0 aliphatic carbocycles. The number of hydrogen-bond acceptors (Lipinski definition) is 0. The van der Waals surface area contributed by atoms with Gasteiger partial charge in [0.05, 0.1) is 0 Å². The third-order valence-corrected chi connectivity index (χ3v) is 2.48. The zero-order valence-electron chi connectivity index (χ0n) is 8.61. The predicted octanol–water partition coefficient (Wildman–Crippen LogP) is 4.21. The maximum Gasteiger partial charge on any atom is -0.0244 e. The first-order valence-electron chi connectivity index (χ1n) is 5.04. The molecule has 67 valence electrons. The molecule has 0 heterocycles. The highest BCUT2D eigenvalue weighted by atomic mass is 14.1. The van der Waals surface area contributed by atoms with Gasteiger partial charge in [0.25, 0.3) is 0 Å². The third kappa shape index (κ3) is 5.29. The minimum atomic E-state index is 0.856. The van der Waals surface area contributed by atoms with Crippen molar-refractivity contribution < 1.29 is 0 Å². The second-order valence-corrected chi connectivity index (χ2v) is 3.64. The van der Waals surface area contributed by atoms with E-state index < -0.39 is 0 Å². The van der Waals surface area contributed by atoms with Gasteiger partial charge in [-0.05, 0) is 18.3 Å². The van der Waals surface area contributed by atoms with Gasteiger partial charge in [0.15, 0.2) is 0 Å². The summed E-state index contributed by atoms with van der Waals surface area (Å²) >= 11 is 0. The molecule has 0 nitrogen and oxygen atoms in total. The molecule has 0 rings (SSSR count). The molecule has 1 atom stereocenters. The standard InChI is InChI=1S/C11H23/c1-5-7-9-11(4)10(3)8-6-2/h11H,5-9H2,1-4H3. The topological polar surface area (TPSA) is 0 Å². The van der Waals surface area contributed by atoms with Crippen LogP contribution in [0.3, 0.4) is 0 Å². The Morgan fingerprint density at radius 3 is 2.27 bits per heavy atom. The van der Waals surface area contributed by atoms with E-state index in [1.54, 1.807) is 5.92 Å². The summed E-state index contributed by atoms with van der Waals surface area (Å²) in [6.07, 6.45) is 6.75. The Morgan fingerprint density at radius 2 is 1.82 bits per heavy atom. The summed E-state index contributed by atoms with van der Waals surface area (Å²) in [7, 11) is 0. The van der Waals surface area contributed by atoms with Gasteiger partial charge in [-0.15, -0.1) is 0 Å². The van der Waals surface area contributed by atoms with Gasteiger partial charge in [0, 0.05) is 0 Å². The molecule has 11 heavy (non-hydrogen) atoms. The number of unbranched alkanes of at least 4 members (excludes halogenated alkanes) is 1. The van der Waals surface area contributed by atoms with Crippen LogP contribution in [0.5, 0.6) is 0 Å². The van der Waals surface area contributed by atoms with Gasteiger partial charge in [-0.25, -0.2) is 0 Å². The summed E-state index contributed by atoms with van der Waals surface area (Å²) in [5.74, 6) is 2.55. The normalized spacial score (nSPS) is 13.9. The predicted molar refractivity (Wildman–Crippen MR) is 52.5 cm³/mol. The molecule has 1 unspecified atom stereocenters. The lowest BCUT2D eigenvalue weighted by Gasteiger charge is -2.17. The molecule has 0 N–H and O–H groups in total. The average molecular weight is 155 g/mol. The van der Waals surface area contributed by atoms with E-state index in [1.807, 2.05) is 0 Å². The first-order valence-corrected chi connectivity index (χ1v) is 5.04. The molecule has 0 amide bonds. The molecule has 0 fully saturated rings. The lowest BCUT2D eigenvalue weighted by molar-refractivity contribution is 0.492. The molecule has 0 saturated carbocycles. The molecule has 0 aromatic carbocycles. The first kappa shape index (κ1) is 11.0. The summed E-state index contributed by atoms with van der Waals surface area (Å²) in [5, 5.41) is 0. The Morgan fingerprint density at radius 1 is 1.18 bits per heavy atom. The lowest BCUT2D eigenvalue weighted by atomic mass is 9.88. The van der Waals surface area contributed by atoms with Gasteiger partial charge in [0.2, 0.25) is 0 Å². The molecular weight excluding hydrogens is 132 g/mol. The molecule has 0 aromatic rings. The van der Waals surface area contributed by atoms with Gasteiger partial charge in [-0.1, -0.05) is 53.4 Å². The fraction of sp³-hybridized carbons (Fsp3) is 0.909. The van der Waals surface area contributed by atoms with Gasteiger partial charge >= 0.3 is 0 Å². The Labute approximate surface area is 72.4 Å². The molecule has 0 aromatic heterocycles. The largest absolute Gasteiger partial charge is 0.0654 e. The Kier molecular flexibility index (Phi) is 6.69. The van der Waals surface area contributed by atoms with E-state index in [2.05, 4.69) is 27.7 Å². The highest BCUT2D eigenvalue weighted by Gasteiger charge is 2.10. The van der Waals surface area contributed by atoms with Crippen LogP contribution in [0.1, 0.15) is 59.8 Å². The van der Waals surface area contributed by atoms with E-state index in [9.17, 15) is 0 Å².